The average molecular weight is 488 g/mol. The normalized spacial score (nSPS) is 18.0. The Morgan fingerprint density at radius 2 is 1.97 bits per heavy atom. The molecule has 1 aliphatic heterocycles. The maximum Gasteiger partial charge on any atom is 0.573 e. The Hall–Kier alpha value is -3.58. The Labute approximate surface area is 197 Å². The van der Waals surface area contributed by atoms with E-state index in [-0.39, 0.29) is 23.6 Å². The highest BCUT2D eigenvalue weighted by atomic mass is 32.1. The number of alkyl halides is 3. The predicted molar refractivity (Wildman–Crippen MR) is 121 cm³/mol. The largest absolute Gasteiger partial charge is 0.573 e. The molecule has 0 spiro atoms. The fraction of sp³-hybridized carbons (Fsp3) is 0.292. The molecule has 3 aromatic rings. The van der Waals surface area contributed by atoms with E-state index in [2.05, 4.69) is 26.3 Å². The molecule has 2 heterocycles. The van der Waals surface area contributed by atoms with E-state index < -0.39 is 12.3 Å². The highest BCUT2D eigenvalue weighted by Gasteiger charge is 2.39. The number of thiazole rings is 1. The number of hydrogen-bond acceptors (Lipinski definition) is 6. The first-order valence-corrected chi connectivity index (χ1v) is 11.1. The van der Waals surface area contributed by atoms with E-state index in [1.165, 1.54) is 25.3 Å². The Morgan fingerprint density at radius 3 is 2.65 bits per heavy atom. The number of esters is 1. The van der Waals surface area contributed by atoms with Gasteiger partial charge < -0.3 is 9.47 Å². The minimum Gasteiger partial charge on any atom is -0.465 e. The third-order valence-electron chi connectivity index (χ3n) is 5.31. The second-order valence-electron chi connectivity index (χ2n) is 7.75. The first-order chi connectivity index (χ1) is 16.1. The van der Waals surface area contributed by atoms with Crippen LogP contribution in [-0.2, 0) is 9.53 Å². The Bertz CT molecular complexity index is 1290. The Morgan fingerprint density at radius 1 is 1.24 bits per heavy atom. The third-order valence-corrected chi connectivity index (χ3v) is 6.33. The highest BCUT2D eigenvalue weighted by molar-refractivity contribution is 7.22. The van der Waals surface area contributed by atoms with Gasteiger partial charge in [0.05, 0.1) is 28.9 Å². The number of hydrogen-bond donors (Lipinski definition) is 0. The van der Waals surface area contributed by atoms with E-state index in [1.807, 2.05) is 6.92 Å². The monoisotopic (exact) mass is 488 g/mol. The molecular weight excluding hydrogens is 469 g/mol. The van der Waals surface area contributed by atoms with E-state index in [1.54, 1.807) is 29.2 Å². The number of aromatic nitrogens is 1. The first-order valence-electron chi connectivity index (χ1n) is 10.3. The van der Waals surface area contributed by atoms with E-state index >= 15 is 0 Å². The van der Waals surface area contributed by atoms with Gasteiger partial charge in [0.1, 0.15) is 5.75 Å². The van der Waals surface area contributed by atoms with E-state index in [4.69, 9.17) is 0 Å². The molecular formula is C24H19F3N2O4S. The third kappa shape index (κ3) is 5.15. The summed E-state index contributed by atoms with van der Waals surface area (Å²) in [6, 6.07) is 10.4. The van der Waals surface area contributed by atoms with Crippen molar-refractivity contribution in [1.82, 2.24) is 4.98 Å². The molecule has 0 bridgehead atoms. The van der Waals surface area contributed by atoms with Crippen molar-refractivity contribution in [1.29, 1.82) is 0 Å². The lowest BCUT2D eigenvalue weighted by Gasteiger charge is -2.20. The summed E-state index contributed by atoms with van der Waals surface area (Å²) in [7, 11) is 1.31. The summed E-state index contributed by atoms with van der Waals surface area (Å²) in [4.78, 5) is 30.4. The molecule has 0 radical (unpaired) electrons. The minimum atomic E-state index is -4.79. The van der Waals surface area contributed by atoms with Gasteiger partial charge in [-0.3, -0.25) is 9.69 Å². The molecule has 2 atom stereocenters. The lowest BCUT2D eigenvalue weighted by atomic mass is 10.1. The second-order valence-corrected chi connectivity index (χ2v) is 8.76. The van der Waals surface area contributed by atoms with Gasteiger partial charge in [0.15, 0.2) is 5.13 Å². The first kappa shape index (κ1) is 23.6. The van der Waals surface area contributed by atoms with Crippen LogP contribution in [0.4, 0.5) is 18.3 Å². The number of fused-ring (bicyclic) bond motifs is 1. The van der Waals surface area contributed by atoms with Crippen molar-refractivity contribution in [3.8, 4) is 17.6 Å². The molecule has 4 rings (SSSR count). The molecule has 1 saturated heterocycles. The lowest BCUT2D eigenvalue weighted by molar-refractivity contribution is -0.274. The number of ether oxygens (including phenoxy) is 2. The predicted octanol–water partition coefficient (Wildman–Crippen LogP) is 5.16. The van der Waals surface area contributed by atoms with Gasteiger partial charge in [-0.2, -0.15) is 0 Å². The zero-order valence-corrected chi connectivity index (χ0v) is 19.0. The summed E-state index contributed by atoms with van der Waals surface area (Å²) < 4.78 is 46.7. The van der Waals surface area contributed by atoms with Crippen LogP contribution in [0.25, 0.3) is 10.2 Å². The quantitative estimate of drug-likeness (QED) is 0.375. The number of amides is 1. The molecule has 0 aliphatic carbocycles. The zero-order chi connectivity index (χ0) is 24.5. The minimum absolute atomic E-state index is 0.0972. The summed E-state index contributed by atoms with van der Waals surface area (Å²) in [6.45, 7) is 1.83. The molecule has 1 fully saturated rings. The molecule has 1 aliphatic rings. The van der Waals surface area contributed by atoms with Crippen LogP contribution in [0.15, 0.2) is 42.5 Å². The number of halogens is 3. The van der Waals surface area contributed by atoms with Gasteiger partial charge in [-0.15, -0.1) is 13.2 Å². The highest BCUT2D eigenvalue weighted by Crippen LogP contribution is 2.38. The van der Waals surface area contributed by atoms with E-state index in [9.17, 15) is 22.8 Å². The topological polar surface area (TPSA) is 68.7 Å². The van der Waals surface area contributed by atoms with Crippen molar-refractivity contribution in [3.63, 3.8) is 0 Å². The number of carbonyl (C=O) groups is 2. The van der Waals surface area contributed by atoms with Crippen LogP contribution in [0.2, 0.25) is 0 Å². The molecule has 1 aromatic heterocycles. The van der Waals surface area contributed by atoms with Crippen LogP contribution >= 0.6 is 11.3 Å². The SMILES string of the molecule is COC(=O)c1ccc(C#CCC2CC(C)C(=O)N2c2nc3ccc(OC(F)(F)F)cc3s2)cc1. The van der Waals surface area contributed by atoms with E-state index in [0.717, 1.165) is 11.3 Å². The molecule has 2 aromatic carbocycles. The molecule has 2 unspecified atom stereocenters. The van der Waals surface area contributed by atoms with Gasteiger partial charge >= 0.3 is 12.3 Å². The van der Waals surface area contributed by atoms with Crippen molar-refractivity contribution in [3.05, 3.63) is 53.6 Å². The zero-order valence-electron chi connectivity index (χ0n) is 18.2. The summed E-state index contributed by atoms with van der Waals surface area (Å²) in [5.74, 6) is 5.04. The van der Waals surface area contributed by atoms with Crippen LogP contribution in [0.1, 0.15) is 35.7 Å². The second kappa shape index (κ2) is 9.35. The summed E-state index contributed by atoms with van der Waals surface area (Å²) >= 11 is 1.14. The van der Waals surface area contributed by atoms with Crippen LogP contribution < -0.4 is 9.64 Å². The molecule has 176 valence electrons. The standard InChI is InChI=1S/C24H19F3N2O4S/c1-14-12-17(5-3-4-15-6-8-16(9-7-15)22(31)32-2)29(21(14)30)23-28-19-11-10-18(13-20(19)34-23)33-24(25,26)27/h6-11,13-14,17H,5,12H2,1-2H3. The summed E-state index contributed by atoms with van der Waals surface area (Å²) in [5, 5.41) is 0.419. The summed E-state index contributed by atoms with van der Waals surface area (Å²) in [5.41, 5.74) is 1.63. The van der Waals surface area contributed by atoms with Crippen LogP contribution in [0, 0.1) is 17.8 Å². The number of methoxy groups -OCH3 is 1. The molecule has 0 N–H and O–H groups in total. The molecule has 6 nitrogen and oxygen atoms in total. The fourth-order valence-corrected chi connectivity index (χ4v) is 4.80. The van der Waals surface area contributed by atoms with Gasteiger partial charge in [0.2, 0.25) is 5.91 Å². The Balaban J connectivity index is 1.53. The van der Waals surface area contributed by atoms with Gasteiger partial charge in [0.25, 0.3) is 0 Å². The molecule has 0 saturated carbocycles. The number of anilines is 1. The molecule has 1 amide bonds. The van der Waals surface area contributed by atoms with Crippen LogP contribution in [0.5, 0.6) is 5.75 Å². The molecule has 34 heavy (non-hydrogen) atoms. The van der Waals surface area contributed by atoms with Crippen LogP contribution in [0.3, 0.4) is 0 Å². The maximum absolute atomic E-state index is 12.8. The van der Waals surface area contributed by atoms with Crippen molar-refractivity contribution >= 4 is 38.6 Å². The number of nitrogens with zero attached hydrogens (tertiary/aromatic N) is 2. The molecule has 10 heteroatoms. The summed E-state index contributed by atoms with van der Waals surface area (Å²) in [6.07, 6.45) is -3.80. The fourth-order valence-electron chi connectivity index (χ4n) is 3.73. The van der Waals surface area contributed by atoms with Gasteiger partial charge in [-0.1, -0.05) is 30.1 Å². The Kier molecular flexibility index (Phi) is 6.48. The number of rotatable bonds is 4. The number of carbonyl (C=O) groups excluding carboxylic acids is 2. The van der Waals surface area contributed by atoms with Crippen molar-refractivity contribution < 1.29 is 32.2 Å². The van der Waals surface area contributed by atoms with Gasteiger partial charge in [-0.05, 0) is 42.8 Å². The lowest BCUT2D eigenvalue weighted by Crippen LogP contribution is -2.33. The maximum atomic E-state index is 12.8. The van der Waals surface area contributed by atoms with Gasteiger partial charge in [-0.25, -0.2) is 9.78 Å². The van der Waals surface area contributed by atoms with Crippen molar-refractivity contribution in [2.24, 2.45) is 5.92 Å². The average Bonchev–Trinajstić information content (AvgIpc) is 3.32. The van der Waals surface area contributed by atoms with Gasteiger partial charge in [0, 0.05) is 24.0 Å². The van der Waals surface area contributed by atoms with E-state index in [0.29, 0.717) is 39.3 Å². The van der Waals surface area contributed by atoms with Crippen molar-refractivity contribution in [2.45, 2.75) is 32.2 Å². The number of benzene rings is 2. The smallest absolute Gasteiger partial charge is 0.465 e. The van der Waals surface area contributed by atoms with Crippen molar-refractivity contribution in [2.75, 3.05) is 12.0 Å². The van der Waals surface area contributed by atoms with Crippen LogP contribution in [-0.4, -0.2) is 36.4 Å².